The fourth-order valence-electron chi connectivity index (χ4n) is 2.79. The SMILES string of the molecule is CSC1(CNCc2cnn(C)c2C)CCCCC1. The first kappa shape index (κ1) is 13.9. The third kappa shape index (κ3) is 3.09. The zero-order valence-electron chi connectivity index (χ0n) is 11.8. The lowest BCUT2D eigenvalue weighted by molar-refractivity contribution is 0.379. The number of rotatable bonds is 5. The van der Waals surface area contributed by atoms with Gasteiger partial charge in [0, 0.05) is 36.1 Å². The van der Waals surface area contributed by atoms with Crippen LogP contribution in [0.4, 0.5) is 0 Å². The first-order valence-electron chi connectivity index (χ1n) is 6.90. The normalized spacial score (nSPS) is 19.1. The fraction of sp³-hybridized carbons (Fsp3) is 0.786. The molecule has 0 aliphatic heterocycles. The smallest absolute Gasteiger partial charge is 0.0537 e. The van der Waals surface area contributed by atoms with Gasteiger partial charge in [-0.3, -0.25) is 4.68 Å². The second kappa shape index (κ2) is 6.11. The van der Waals surface area contributed by atoms with E-state index in [0.29, 0.717) is 4.75 Å². The number of aromatic nitrogens is 2. The lowest BCUT2D eigenvalue weighted by Gasteiger charge is -2.36. The Bertz CT molecular complexity index is 380. The van der Waals surface area contributed by atoms with Crippen LogP contribution in [-0.4, -0.2) is 27.3 Å². The van der Waals surface area contributed by atoms with Gasteiger partial charge in [-0.2, -0.15) is 16.9 Å². The van der Waals surface area contributed by atoms with E-state index in [9.17, 15) is 0 Å². The van der Waals surface area contributed by atoms with Crippen LogP contribution >= 0.6 is 11.8 Å². The van der Waals surface area contributed by atoms with Crippen molar-refractivity contribution in [3.05, 3.63) is 17.5 Å². The Morgan fingerprint density at radius 1 is 1.39 bits per heavy atom. The van der Waals surface area contributed by atoms with Crippen LogP contribution in [0.25, 0.3) is 0 Å². The minimum absolute atomic E-state index is 0.481. The van der Waals surface area contributed by atoms with E-state index in [1.807, 2.05) is 17.9 Å². The molecule has 0 unspecified atom stereocenters. The number of thioether (sulfide) groups is 1. The van der Waals surface area contributed by atoms with Crippen molar-refractivity contribution in [3.8, 4) is 0 Å². The molecule has 0 spiro atoms. The molecule has 0 amide bonds. The van der Waals surface area contributed by atoms with Crippen molar-refractivity contribution in [2.24, 2.45) is 7.05 Å². The summed E-state index contributed by atoms with van der Waals surface area (Å²) in [7, 11) is 2.00. The quantitative estimate of drug-likeness (QED) is 0.889. The summed E-state index contributed by atoms with van der Waals surface area (Å²) in [5, 5.41) is 7.93. The molecule has 18 heavy (non-hydrogen) atoms. The van der Waals surface area contributed by atoms with E-state index < -0.39 is 0 Å². The van der Waals surface area contributed by atoms with Gasteiger partial charge >= 0.3 is 0 Å². The van der Waals surface area contributed by atoms with Gasteiger partial charge in [-0.05, 0) is 26.0 Å². The maximum Gasteiger partial charge on any atom is 0.0537 e. The van der Waals surface area contributed by atoms with Gasteiger partial charge in [-0.15, -0.1) is 0 Å². The lowest BCUT2D eigenvalue weighted by Crippen LogP contribution is -2.39. The van der Waals surface area contributed by atoms with Gasteiger partial charge in [-0.1, -0.05) is 19.3 Å². The zero-order valence-corrected chi connectivity index (χ0v) is 12.6. The molecule has 0 aromatic carbocycles. The standard InChI is InChI=1S/C14H25N3S/c1-12-13(10-16-17(12)2)9-15-11-14(18-3)7-5-4-6-8-14/h10,15H,4-9,11H2,1-3H3. The van der Waals surface area contributed by atoms with Crippen molar-refractivity contribution in [1.82, 2.24) is 15.1 Å². The minimum Gasteiger partial charge on any atom is -0.311 e. The lowest BCUT2D eigenvalue weighted by atomic mass is 9.88. The summed E-state index contributed by atoms with van der Waals surface area (Å²) in [5.41, 5.74) is 2.59. The van der Waals surface area contributed by atoms with Crippen LogP contribution in [0.1, 0.15) is 43.4 Å². The summed E-state index contributed by atoms with van der Waals surface area (Å²) in [5.74, 6) is 0. The van der Waals surface area contributed by atoms with Crippen molar-refractivity contribution < 1.29 is 0 Å². The topological polar surface area (TPSA) is 29.9 Å². The highest BCUT2D eigenvalue weighted by Gasteiger charge is 2.30. The van der Waals surface area contributed by atoms with Gasteiger partial charge in [0.25, 0.3) is 0 Å². The van der Waals surface area contributed by atoms with Gasteiger partial charge in [-0.25, -0.2) is 0 Å². The second-order valence-electron chi connectivity index (χ2n) is 5.43. The van der Waals surface area contributed by atoms with Crippen LogP contribution in [-0.2, 0) is 13.6 Å². The molecule has 1 N–H and O–H groups in total. The van der Waals surface area contributed by atoms with E-state index in [1.54, 1.807) is 0 Å². The predicted octanol–water partition coefficient (Wildman–Crippen LogP) is 2.88. The summed E-state index contributed by atoms with van der Waals surface area (Å²) < 4.78 is 2.43. The molecule has 0 bridgehead atoms. The summed E-state index contributed by atoms with van der Waals surface area (Å²) in [6.45, 7) is 4.21. The molecule has 1 aromatic heterocycles. The van der Waals surface area contributed by atoms with Gasteiger partial charge < -0.3 is 5.32 Å². The first-order chi connectivity index (χ1) is 8.67. The molecule has 0 saturated heterocycles. The monoisotopic (exact) mass is 267 g/mol. The molecule has 1 aliphatic carbocycles. The molecule has 1 fully saturated rings. The number of nitrogens with zero attached hydrogens (tertiary/aromatic N) is 2. The molecule has 3 nitrogen and oxygen atoms in total. The van der Waals surface area contributed by atoms with Crippen molar-refractivity contribution in [2.75, 3.05) is 12.8 Å². The maximum absolute atomic E-state index is 4.29. The molecular formula is C14H25N3S. The van der Waals surface area contributed by atoms with Gasteiger partial charge in [0.15, 0.2) is 0 Å². The predicted molar refractivity (Wildman–Crippen MR) is 79.0 cm³/mol. The third-order valence-corrected chi connectivity index (χ3v) is 5.72. The van der Waals surface area contributed by atoms with Crippen LogP contribution in [0.2, 0.25) is 0 Å². The molecule has 0 radical (unpaired) electrons. The van der Waals surface area contributed by atoms with Crippen molar-refractivity contribution in [1.29, 1.82) is 0 Å². The maximum atomic E-state index is 4.29. The van der Waals surface area contributed by atoms with E-state index in [4.69, 9.17) is 0 Å². The molecule has 2 rings (SSSR count). The Balaban J connectivity index is 1.85. The summed E-state index contributed by atoms with van der Waals surface area (Å²) in [6.07, 6.45) is 11.2. The van der Waals surface area contributed by atoms with E-state index in [2.05, 4.69) is 35.4 Å². The Labute approximate surface area is 115 Å². The summed E-state index contributed by atoms with van der Waals surface area (Å²) in [4.78, 5) is 0. The third-order valence-electron chi connectivity index (χ3n) is 4.30. The van der Waals surface area contributed by atoms with Crippen molar-refractivity contribution >= 4 is 11.8 Å². The Morgan fingerprint density at radius 2 is 2.11 bits per heavy atom. The number of hydrogen-bond donors (Lipinski definition) is 1. The van der Waals surface area contributed by atoms with E-state index >= 15 is 0 Å². The van der Waals surface area contributed by atoms with Crippen LogP contribution < -0.4 is 5.32 Å². The van der Waals surface area contributed by atoms with Crippen molar-refractivity contribution in [2.45, 2.75) is 50.3 Å². The molecule has 4 heteroatoms. The largest absolute Gasteiger partial charge is 0.311 e. The molecule has 102 valence electrons. The Kier molecular flexibility index (Phi) is 4.73. The summed E-state index contributed by atoms with van der Waals surface area (Å²) >= 11 is 2.05. The Hall–Kier alpha value is -0.480. The van der Waals surface area contributed by atoms with Gasteiger partial charge in [0.05, 0.1) is 6.20 Å². The fourth-order valence-corrected chi connectivity index (χ4v) is 3.74. The molecule has 1 aromatic rings. The average Bonchev–Trinajstić information content (AvgIpc) is 2.72. The van der Waals surface area contributed by atoms with E-state index in [-0.39, 0.29) is 0 Å². The van der Waals surface area contributed by atoms with Gasteiger partial charge in [0.1, 0.15) is 0 Å². The van der Waals surface area contributed by atoms with Gasteiger partial charge in [0.2, 0.25) is 0 Å². The highest BCUT2D eigenvalue weighted by Crippen LogP contribution is 2.37. The van der Waals surface area contributed by atoms with Crippen LogP contribution in [0.15, 0.2) is 6.20 Å². The molecule has 0 atom stereocenters. The van der Waals surface area contributed by atoms with E-state index in [0.717, 1.165) is 13.1 Å². The van der Waals surface area contributed by atoms with Crippen molar-refractivity contribution in [3.63, 3.8) is 0 Å². The molecular weight excluding hydrogens is 242 g/mol. The number of hydrogen-bond acceptors (Lipinski definition) is 3. The minimum atomic E-state index is 0.481. The molecule has 1 heterocycles. The molecule has 1 aliphatic rings. The van der Waals surface area contributed by atoms with E-state index in [1.165, 1.54) is 43.4 Å². The first-order valence-corrected chi connectivity index (χ1v) is 8.13. The van der Waals surface area contributed by atoms with Crippen LogP contribution in [0.3, 0.4) is 0 Å². The second-order valence-corrected chi connectivity index (χ2v) is 6.70. The average molecular weight is 267 g/mol. The number of nitrogens with one attached hydrogen (secondary N) is 1. The zero-order chi connectivity index (χ0) is 13.0. The molecule has 1 saturated carbocycles. The van der Waals surface area contributed by atoms with Crippen LogP contribution in [0, 0.1) is 6.92 Å². The highest BCUT2D eigenvalue weighted by molar-refractivity contribution is 8.00. The summed E-state index contributed by atoms with van der Waals surface area (Å²) in [6, 6.07) is 0. The highest BCUT2D eigenvalue weighted by atomic mass is 32.2. The van der Waals surface area contributed by atoms with Crippen LogP contribution in [0.5, 0.6) is 0 Å². The number of aryl methyl sites for hydroxylation is 1. The Morgan fingerprint density at radius 3 is 2.67 bits per heavy atom.